The van der Waals surface area contributed by atoms with Crippen LogP contribution in [0.3, 0.4) is 0 Å². The molecule has 5 fully saturated rings. The number of aliphatic hydroxyl groups excluding tert-OH is 1. The standard InChI is InChI=1S/C43H66N2O6S/c1-38(2)31(29-8-10-30(11-9-29)37(47)51-7)14-17-39(3)34(38)16-18-41(5)35(39)13-12-32-36-33(42(6,48)28-46)15-19-43(36,21-20-40(32,41)4)44-22-23-45-24-26-52(49,50)27-25-45/h8-11,14,32-36,44,46,48H,12-13,15-28H2,1-7H3/t32?,33-,34+,35-,36+,39+,40-,41-,42?,43?/m1/s1. The highest BCUT2D eigenvalue weighted by Gasteiger charge is 2.71. The summed E-state index contributed by atoms with van der Waals surface area (Å²) in [5, 5.41) is 26.4. The van der Waals surface area contributed by atoms with E-state index >= 15 is 0 Å². The van der Waals surface area contributed by atoms with Crippen molar-refractivity contribution in [3.8, 4) is 0 Å². The molecule has 4 saturated carbocycles. The first kappa shape index (κ1) is 38.5. The molecule has 1 saturated heterocycles. The van der Waals surface area contributed by atoms with Crippen molar-refractivity contribution in [2.45, 2.75) is 110 Å². The van der Waals surface area contributed by atoms with Crippen molar-refractivity contribution >= 4 is 21.4 Å². The van der Waals surface area contributed by atoms with E-state index in [1.54, 1.807) is 0 Å². The molecule has 0 aromatic heterocycles. The molecule has 1 aromatic carbocycles. The van der Waals surface area contributed by atoms with E-state index in [9.17, 15) is 23.4 Å². The first-order valence-electron chi connectivity index (χ1n) is 20.3. The molecule has 0 amide bonds. The second kappa shape index (κ2) is 13.2. The molecule has 3 N–H and O–H groups in total. The van der Waals surface area contributed by atoms with E-state index in [4.69, 9.17) is 4.74 Å². The number of aliphatic hydroxyl groups is 2. The molecule has 290 valence electrons. The maximum Gasteiger partial charge on any atom is 0.337 e. The lowest BCUT2D eigenvalue weighted by molar-refractivity contribution is -0.227. The third-order valence-corrected chi connectivity index (χ3v) is 18.7. The Bertz CT molecular complexity index is 1660. The van der Waals surface area contributed by atoms with Gasteiger partial charge in [-0.1, -0.05) is 52.8 Å². The Kier molecular flexibility index (Phi) is 9.75. The number of sulfone groups is 1. The van der Waals surface area contributed by atoms with Crippen molar-refractivity contribution in [3.05, 3.63) is 41.5 Å². The molecule has 6 aliphatic rings. The van der Waals surface area contributed by atoms with Crippen LogP contribution in [0.1, 0.15) is 115 Å². The largest absolute Gasteiger partial charge is 0.465 e. The first-order valence-corrected chi connectivity index (χ1v) is 22.1. The molecule has 0 radical (unpaired) electrons. The highest BCUT2D eigenvalue weighted by molar-refractivity contribution is 7.91. The minimum absolute atomic E-state index is 0.0145. The van der Waals surface area contributed by atoms with E-state index in [0.717, 1.165) is 45.2 Å². The molecule has 1 aliphatic heterocycles. The lowest BCUT2D eigenvalue weighted by atomic mass is 9.32. The molecule has 1 heterocycles. The smallest absolute Gasteiger partial charge is 0.337 e. The number of ether oxygens (including phenoxy) is 1. The van der Waals surface area contributed by atoms with Crippen LogP contribution >= 0.6 is 0 Å². The highest BCUT2D eigenvalue weighted by Crippen LogP contribution is 2.76. The maximum atomic E-state index is 12.2. The highest BCUT2D eigenvalue weighted by atomic mass is 32.2. The van der Waals surface area contributed by atoms with E-state index in [2.05, 4.69) is 63.0 Å². The lowest BCUT2D eigenvalue weighted by Crippen LogP contribution is -2.69. The van der Waals surface area contributed by atoms with Crippen LogP contribution in [0.5, 0.6) is 0 Å². The molecule has 1 aromatic rings. The Morgan fingerprint density at radius 1 is 0.942 bits per heavy atom. The number of carbonyl (C=O) groups excluding carboxylic acids is 1. The number of rotatable bonds is 8. The fourth-order valence-corrected chi connectivity index (χ4v) is 15.4. The molecule has 7 rings (SSSR count). The van der Waals surface area contributed by atoms with Crippen LogP contribution in [0.4, 0.5) is 0 Å². The zero-order chi connectivity index (χ0) is 37.5. The van der Waals surface area contributed by atoms with Crippen LogP contribution in [-0.2, 0) is 14.6 Å². The number of nitrogens with one attached hydrogen (secondary N) is 1. The van der Waals surface area contributed by atoms with Crippen molar-refractivity contribution < 1.29 is 28.2 Å². The van der Waals surface area contributed by atoms with Gasteiger partial charge in [0.15, 0.2) is 9.84 Å². The SMILES string of the molecule is COC(=O)c1ccc(C2=CC[C@]3(C)[C@H]4CCC5[C@H]6[C@H](C(C)(O)CO)CCC6(NCCN6CCS(=O)(=O)CC6)CC[C@@]5(C)[C@]4(C)CC[C@H]3C2(C)C)cc1. The van der Waals surface area contributed by atoms with Crippen molar-refractivity contribution in [2.75, 3.05) is 51.4 Å². The number of allylic oxidation sites excluding steroid dienone is 2. The molecule has 52 heavy (non-hydrogen) atoms. The minimum Gasteiger partial charge on any atom is -0.465 e. The van der Waals surface area contributed by atoms with E-state index in [1.165, 1.54) is 43.9 Å². The van der Waals surface area contributed by atoms with Crippen LogP contribution < -0.4 is 5.32 Å². The Balaban J connectivity index is 1.16. The number of methoxy groups -OCH3 is 1. The molecular weight excluding hydrogens is 673 g/mol. The summed E-state index contributed by atoms with van der Waals surface area (Å²) in [6.07, 6.45) is 12.5. The number of nitrogens with zero attached hydrogens (tertiary/aromatic N) is 1. The fourth-order valence-electron chi connectivity index (χ4n) is 14.2. The predicted molar refractivity (Wildman–Crippen MR) is 206 cm³/mol. The minimum atomic E-state index is -2.91. The van der Waals surface area contributed by atoms with Gasteiger partial charge in [-0.3, -0.25) is 0 Å². The topological polar surface area (TPSA) is 116 Å². The van der Waals surface area contributed by atoms with Gasteiger partial charge >= 0.3 is 5.97 Å². The summed E-state index contributed by atoms with van der Waals surface area (Å²) in [5.41, 5.74) is 2.41. The molecule has 3 unspecified atom stereocenters. The molecule has 9 heteroatoms. The average Bonchev–Trinajstić information content (AvgIpc) is 3.49. The zero-order valence-corrected chi connectivity index (χ0v) is 33.8. The van der Waals surface area contributed by atoms with E-state index in [1.807, 2.05) is 19.1 Å². The third-order valence-electron chi connectivity index (χ3n) is 17.1. The number of carbonyl (C=O) groups is 1. The number of fused-ring (bicyclic) bond motifs is 7. The van der Waals surface area contributed by atoms with Crippen molar-refractivity contribution in [2.24, 2.45) is 51.2 Å². The van der Waals surface area contributed by atoms with E-state index in [-0.39, 0.29) is 63.1 Å². The monoisotopic (exact) mass is 738 g/mol. The van der Waals surface area contributed by atoms with Crippen LogP contribution in [0, 0.1) is 51.2 Å². The van der Waals surface area contributed by atoms with Gasteiger partial charge in [0, 0.05) is 31.7 Å². The summed E-state index contributed by atoms with van der Waals surface area (Å²) in [4.78, 5) is 14.4. The number of benzene rings is 1. The molecule has 5 aliphatic carbocycles. The third kappa shape index (κ3) is 5.88. The normalized spacial score (nSPS) is 42.1. The predicted octanol–water partition coefficient (Wildman–Crippen LogP) is 6.36. The Morgan fingerprint density at radius 3 is 2.29 bits per heavy atom. The number of hydrogen-bond donors (Lipinski definition) is 3. The fraction of sp³-hybridized carbons (Fsp3) is 0.791. The molecule has 8 nitrogen and oxygen atoms in total. The number of esters is 1. The molecular formula is C43H66N2O6S. The summed E-state index contributed by atoms with van der Waals surface area (Å²) >= 11 is 0. The number of hydrogen-bond acceptors (Lipinski definition) is 8. The second-order valence-electron chi connectivity index (χ2n) is 19.5. The Hall–Kier alpha value is -1.78. The van der Waals surface area contributed by atoms with E-state index in [0.29, 0.717) is 36.4 Å². The van der Waals surface area contributed by atoms with Crippen molar-refractivity contribution in [1.29, 1.82) is 0 Å². The first-order chi connectivity index (χ1) is 24.4. The van der Waals surface area contributed by atoms with Crippen molar-refractivity contribution in [1.82, 2.24) is 10.2 Å². The Labute approximate surface area is 313 Å². The second-order valence-corrected chi connectivity index (χ2v) is 21.8. The van der Waals surface area contributed by atoms with Crippen molar-refractivity contribution in [3.63, 3.8) is 0 Å². The quantitative estimate of drug-likeness (QED) is 0.264. The van der Waals surface area contributed by atoms with Gasteiger partial charge in [-0.15, -0.1) is 0 Å². The summed E-state index contributed by atoms with van der Waals surface area (Å²) in [6.45, 7) is 17.3. The van der Waals surface area contributed by atoms with Gasteiger partial charge in [0.25, 0.3) is 0 Å². The maximum absolute atomic E-state index is 12.2. The molecule has 0 spiro atoms. The summed E-state index contributed by atoms with van der Waals surface area (Å²) in [7, 11) is -1.48. The van der Waals surface area contributed by atoms with Gasteiger partial charge in [0.2, 0.25) is 0 Å². The van der Waals surface area contributed by atoms with Gasteiger partial charge in [0.05, 0.1) is 36.4 Å². The summed E-state index contributed by atoms with van der Waals surface area (Å²) in [5.74, 6) is 2.10. The van der Waals surface area contributed by atoms with Gasteiger partial charge in [-0.05, 0) is 139 Å². The van der Waals surface area contributed by atoms with Crippen LogP contribution in [0.25, 0.3) is 5.57 Å². The van der Waals surface area contributed by atoms with Gasteiger partial charge < -0.3 is 25.2 Å². The van der Waals surface area contributed by atoms with Crippen LogP contribution in [0.15, 0.2) is 30.3 Å². The van der Waals surface area contributed by atoms with Crippen LogP contribution in [0.2, 0.25) is 0 Å². The van der Waals surface area contributed by atoms with E-state index < -0.39 is 15.4 Å². The molecule has 10 atom stereocenters. The summed E-state index contributed by atoms with van der Waals surface area (Å²) < 4.78 is 29.1. The van der Waals surface area contributed by atoms with Gasteiger partial charge in [0.1, 0.15) is 0 Å². The van der Waals surface area contributed by atoms with Crippen LogP contribution in [-0.4, -0.2) is 92.0 Å². The lowest BCUT2D eigenvalue weighted by Gasteiger charge is -2.72. The average molecular weight is 739 g/mol. The van der Waals surface area contributed by atoms with Gasteiger partial charge in [-0.25, -0.2) is 13.2 Å². The Morgan fingerprint density at radius 2 is 1.63 bits per heavy atom. The zero-order valence-electron chi connectivity index (χ0n) is 33.0. The molecule has 0 bridgehead atoms. The van der Waals surface area contributed by atoms with Gasteiger partial charge in [-0.2, -0.15) is 0 Å². The summed E-state index contributed by atoms with van der Waals surface area (Å²) in [6, 6.07) is 7.99.